The average Bonchev–Trinajstić information content (AvgIpc) is 1.83. The molecule has 1 atom stereocenters. The third-order valence-corrected chi connectivity index (χ3v) is 1.94. The molecule has 1 amide bonds. The van der Waals surface area contributed by atoms with E-state index in [-0.39, 0.29) is 17.2 Å². The standard InChI is InChI=1S/C8H17NO/c1-6(7(10)9-5)8(2,3)4/h6H,1-5H3,(H,9,10). The number of nitrogens with one attached hydrogen (secondary N) is 1. The topological polar surface area (TPSA) is 29.1 Å². The van der Waals surface area contributed by atoms with E-state index in [4.69, 9.17) is 0 Å². The Labute approximate surface area is 63.0 Å². The Hall–Kier alpha value is -0.530. The lowest BCUT2D eigenvalue weighted by Crippen LogP contribution is -2.33. The molecule has 0 spiro atoms. The number of hydrogen-bond donors (Lipinski definition) is 1. The normalized spacial score (nSPS) is 14.5. The number of carbonyl (C=O) groups is 1. The van der Waals surface area contributed by atoms with E-state index in [1.807, 2.05) is 6.92 Å². The molecular weight excluding hydrogens is 126 g/mol. The van der Waals surface area contributed by atoms with Gasteiger partial charge in [0.05, 0.1) is 0 Å². The van der Waals surface area contributed by atoms with Crippen LogP contribution in [-0.4, -0.2) is 13.0 Å². The van der Waals surface area contributed by atoms with E-state index in [9.17, 15) is 4.79 Å². The van der Waals surface area contributed by atoms with Crippen molar-refractivity contribution in [2.45, 2.75) is 27.7 Å². The summed E-state index contributed by atoms with van der Waals surface area (Å²) in [4.78, 5) is 11.0. The number of hydrogen-bond acceptors (Lipinski definition) is 1. The fourth-order valence-corrected chi connectivity index (χ4v) is 0.610. The summed E-state index contributed by atoms with van der Waals surface area (Å²) in [6.07, 6.45) is 0. The molecule has 2 heteroatoms. The minimum absolute atomic E-state index is 0.0695. The molecule has 0 fully saturated rings. The van der Waals surface area contributed by atoms with Gasteiger partial charge in [-0.2, -0.15) is 0 Å². The van der Waals surface area contributed by atoms with Crippen LogP contribution in [0.5, 0.6) is 0 Å². The lowest BCUT2D eigenvalue weighted by Gasteiger charge is -2.25. The highest BCUT2D eigenvalue weighted by molar-refractivity contribution is 5.78. The molecule has 0 aromatic carbocycles. The van der Waals surface area contributed by atoms with Gasteiger partial charge in [0, 0.05) is 13.0 Å². The highest BCUT2D eigenvalue weighted by Gasteiger charge is 2.25. The van der Waals surface area contributed by atoms with Gasteiger partial charge in [0.2, 0.25) is 5.91 Å². The van der Waals surface area contributed by atoms with Crippen molar-refractivity contribution in [3.05, 3.63) is 0 Å². The maximum absolute atomic E-state index is 11.0. The predicted molar refractivity (Wildman–Crippen MR) is 42.7 cm³/mol. The second-order valence-corrected chi connectivity index (χ2v) is 3.70. The molecule has 0 aliphatic rings. The number of amides is 1. The molecule has 2 nitrogen and oxygen atoms in total. The molecule has 10 heavy (non-hydrogen) atoms. The maximum Gasteiger partial charge on any atom is 0.223 e. The van der Waals surface area contributed by atoms with E-state index in [1.165, 1.54) is 0 Å². The zero-order chi connectivity index (χ0) is 8.36. The monoisotopic (exact) mass is 143 g/mol. The molecule has 1 unspecified atom stereocenters. The molecule has 0 aliphatic heterocycles. The van der Waals surface area contributed by atoms with E-state index in [2.05, 4.69) is 26.1 Å². The SMILES string of the molecule is CNC(=O)C(C)C(C)(C)C. The Kier molecular flexibility index (Phi) is 2.88. The fourth-order valence-electron chi connectivity index (χ4n) is 0.610. The molecule has 0 aliphatic carbocycles. The summed E-state index contributed by atoms with van der Waals surface area (Å²) in [5.41, 5.74) is 0.0695. The van der Waals surface area contributed by atoms with Gasteiger partial charge in [0.1, 0.15) is 0 Å². The van der Waals surface area contributed by atoms with Crippen LogP contribution in [0.25, 0.3) is 0 Å². The molecule has 0 rings (SSSR count). The van der Waals surface area contributed by atoms with Crippen molar-refractivity contribution in [3.8, 4) is 0 Å². The van der Waals surface area contributed by atoms with Crippen molar-refractivity contribution in [2.24, 2.45) is 11.3 Å². The van der Waals surface area contributed by atoms with Crippen LogP contribution in [0.1, 0.15) is 27.7 Å². The van der Waals surface area contributed by atoms with E-state index in [0.717, 1.165) is 0 Å². The van der Waals surface area contributed by atoms with Crippen molar-refractivity contribution in [3.63, 3.8) is 0 Å². The second-order valence-electron chi connectivity index (χ2n) is 3.70. The van der Waals surface area contributed by atoms with Gasteiger partial charge in [0.25, 0.3) is 0 Å². The zero-order valence-electron chi connectivity index (χ0n) is 7.49. The minimum Gasteiger partial charge on any atom is -0.359 e. The first-order valence-corrected chi connectivity index (χ1v) is 3.61. The van der Waals surface area contributed by atoms with E-state index < -0.39 is 0 Å². The Morgan fingerprint density at radius 1 is 1.40 bits per heavy atom. The van der Waals surface area contributed by atoms with E-state index in [0.29, 0.717) is 0 Å². The summed E-state index contributed by atoms with van der Waals surface area (Å²) in [5.74, 6) is 0.199. The van der Waals surface area contributed by atoms with Crippen LogP contribution in [0.15, 0.2) is 0 Å². The Bertz CT molecular complexity index is 124. The first kappa shape index (κ1) is 9.47. The lowest BCUT2D eigenvalue weighted by molar-refractivity contribution is -0.126. The zero-order valence-corrected chi connectivity index (χ0v) is 7.49. The highest BCUT2D eigenvalue weighted by Crippen LogP contribution is 2.24. The van der Waals surface area contributed by atoms with Crippen LogP contribution in [0.2, 0.25) is 0 Å². The average molecular weight is 143 g/mol. The summed E-state index contributed by atoms with van der Waals surface area (Å²) >= 11 is 0. The summed E-state index contributed by atoms with van der Waals surface area (Å²) in [6.45, 7) is 8.13. The van der Waals surface area contributed by atoms with Crippen molar-refractivity contribution >= 4 is 5.91 Å². The second kappa shape index (κ2) is 3.04. The molecule has 60 valence electrons. The largest absolute Gasteiger partial charge is 0.359 e. The van der Waals surface area contributed by atoms with E-state index in [1.54, 1.807) is 7.05 Å². The van der Waals surface area contributed by atoms with Crippen LogP contribution in [0.4, 0.5) is 0 Å². The van der Waals surface area contributed by atoms with Crippen molar-refractivity contribution in [1.82, 2.24) is 5.32 Å². The van der Waals surface area contributed by atoms with Crippen LogP contribution in [-0.2, 0) is 4.79 Å². The Balaban J connectivity index is 4.08. The van der Waals surface area contributed by atoms with Gasteiger partial charge in [-0.25, -0.2) is 0 Å². The smallest absolute Gasteiger partial charge is 0.223 e. The molecule has 0 radical (unpaired) electrons. The Morgan fingerprint density at radius 3 is 1.90 bits per heavy atom. The number of carbonyl (C=O) groups excluding carboxylic acids is 1. The van der Waals surface area contributed by atoms with Crippen LogP contribution < -0.4 is 5.32 Å². The van der Waals surface area contributed by atoms with E-state index >= 15 is 0 Å². The third kappa shape index (κ3) is 2.38. The summed E-state index contributed by atoms with van der Waals surface area (Å²) in [7, 11) is 1.67. The molecule has 1 N–H and O–H groups in total. The summed E-state index contributed by atoms with van der Waals surface area (Å²) < 4.78 is 0. The maximum atomic E-state index is 11.0. The van der Waals surface area contributed by atoms with Gasteiger partial charge in [-0.1, -0.05) is 27.7 Å². The molecule has 0 heterocycles. The van der Waals surface area contributed by atoms with Crippen LogP contribution >= 0.6 is 0 Å². The number of rotatable bonds is 1. The van der Waals surface area contributed by atoms with Crippen LogP contribution in [0.3, 0.4) is 0 Å². The first-order chi connectivity index (χ1) is 4.39. The third-order valence-electron chi connectivity index (χ3n) is 1.94. The Morgan fingerprint density at radius 2 is 1.80 bits per heavy atom. The molecule has 0 bridgehead atoms. The summed E-state index contributed by atoms with van der Waals surface area (Å²) in [6, 6.07) is 0. The van der Waals surface area contributed by atoms with Gasteiger partial charge >= 0.3 is 0 Å². The summed E-state index contributed by atoms with van der Waals surface area (Å²) in [5, 5.41) is 2.63. The lowest BCUT2D eigenvalue weighted by atomic mass is 9.81. The molecule has 0 saturated carbocycles. The highest BCUT2D eigenvalue weighted by atomic mass is 16.1. The van der Waals surface area contributed by atoms with Gasteiger partial charge in [-0.05, 0) is 5.41 Å². The van der Waals surface area contributed by atoms with Gasteiger partial charge in [0.15, 0.2) is 0 Å². The fraction of sp³-hybridized carbons (Fsp3) is 0.875. The first-order valence-electron chi connectivity index (χ1n) is 3.61. The van der Waals surface area contributed by atoms with Crippen molar-refractivity contribution < 1.29 is 4.79 Å². The molecule has 0 aromatic rings. The van der Waals surface area contributed by atoms with Crippen molar-refractivity contribution in [2.75, 3.05) is 7.05 Å². The quantitative estimate of drug-likeness (QED) is 0.591. The van der Waals surface area contributed by atoms with Crippen LogP contribution in [0, 0.1) is 11.3 Å². The minimum atomic E-state index is 0.0695. The molecular formula is C8H17NO. The molecule has 0 aromatic heterocycles. The van der Waals surface area contributed by atoms with Crippen molar-refractivity contribution in [1.29, 1.82) is 0 Å². The molecule has 0 saturated heterocycles. The van der Waals surface area contributed by atoms with Gasteiger partial charge < -0.3 is 5.32 Å². The van der Waals surface area contributed by atoms with Gasteiger partial charge in [-0.3, -0.25) is 4.79 Å². The van der Waals surface area contributed by atoms with Gasteiger partial charge in [-0.15, -0.1) is 0 Å². The predicted octanol–water partition coefficient (Wildman–Crippen LogP) is 1.41.